The number of carbonyl (C=O) groups is 3. The molecule has 1 heterocycles. The standard InChI is InChI=1S/C15H8N2O5/c18-13-11-3-1-2-4-12(11)16(15(13)20)14(19)9-5-7-10(8-6-9)17(21)22/h1-8H. The van der Waals surface area contributed by atoms with Crippen molar-refractivity contribution in [2.45, 2.75) is 0 Å². The maximum atomic E-state index is 12.4. The number of benzene rings is 2. The van der Waals surface area contributed by atoms with E-state index < -0.39 is 22.5 Å². The van der Waals surface area contributed by atoms with Crippen LogP contribution in [0.4, 0.5) is 11.4 Å². The number of amides is 2. The van der Waals surface area contributed by atoms with Gasteiger partial charge in [-0.3, -0.25) is 24.5 Å². The first-order chi connectivity index (χ1) is 10.5. The zero-order chi connectivity index (χ0) is 15.9. The van der Waals surface area contributed by atoms with Crippen molar-refractivity contribution < 1.29 is 19.3 Å². The van der Waals surface area contributed by atoms with Gasteiger partial charge in [-0.2, -0.15) is 0 Å². The quantitative estimate of drug-likeness (QED) is 0.365. The molecule has 0 N–H and O–H groups in total. The Labute approximate surface area is 123 Å². The SMILES string of the molecule is O=C1C(=O)N(C(=O)c2ccc([N+](=O)[O-])cc2)c2ccccc21. The van der Waals surface area contributed by atoms with Crippen LogP contribution in [0.5, 0.6) is 0 Å². The predicted molar refractivity (Wildman–Crippen MR) is 75.7 cm³/mol. The summed E-state index contributed by atoms with van der Waals surface area (Å²) in [6.07, 6.45) is 0. The summed E-state index contributed by atoms with van der Waals surface area (Å²) < 4.78 is 0. The van der Waals surface area contributed by atoms with Crippen molar-refractivity contribution in [2.24, 2.45) is 0 Å². The van der Waals surface area contributed by atoms with E-state index in [1.165, 1.54) is 36.4 Å². The van der Waals surface area contributed by atoms with Crippen LogP contribution in [0.3, 0.4) is 0 Å². The third kappa shape index (κ3) is 1.96. The number of imide groups is 1. The van der Waals surface area contributed by atoms with Crippen molar-refractivity contribution in [3.8, 4) is 0 Å². The van der Waals surface area contributed by atoms with Gasteiger partial charge in [-0.25, -0.2) is 4.90 Å². The van der Waals surface area contributed by atoms with E-state index in [-0.39, 0.29) is 22.5 Å². The van der Waals surface area contributed by atoms with E-state index in [1.807, 2.05) is 0 Å². The molecular weight excluding hydrogens is 288 g/mol. The fourth-order valence-electron chi connectivity index (χ4n) is 2.24. The molecule has 7 heteroatoms. The molecule has 0 saturated heterocycles. The van der Waals surface area contributed by atoms with Gasteiger partial charge in [-0.1, -0.05) is 12.1 Å². The Morgan fingerprint density at radius 1 is 1.00 bits per heavy atom. The zero-order valence-electron chi connectivity index (χ0n) is 11.1. The number of Topliss-reactive ketones (excluding diaryl/α,β-unsaturated/α-hetero) is 1. The maximum absolute atomic E-state index is 12.4. The number of anilines is 1. The van der Waals surface area contributed by atoms with E-state index in [0.717, 1.165) is 4.90 Å². The van der Waals surface area contributed by atoms with Gasteiger partial charge in [0.2, 0.25) is 0 Å². The second kappa shape index (κ2) is 4.88. The van der Waals surface area contributed by atoms with Crippen LogP contribution in [0.1, 0.15) is 20.7 Å². The van der Waals surface area contributed by atoms with Gasteiger partial charge in [0.15, 0.2) is 0 Å². The minimum atomic E-state index is -0.926. The number of ketones is 1. The van der Waals surface area contributed by atoms with Crippen LogP contribution >= 0.6 is 0 Å². The van der Waals surface area contributed by atoms with Crippen LogP contribution in [-0.2, 0) is 4.79 Å². The molecule has 22 heavy (non-hydrogen) atoms. The van der Waals surface area contributed by atoms with Gasteiger partial charge < -0.3 is 0 Å². The fraction of sp³-hybridized carbons (Fsp3) is 0. The number of non-ortho nitro benzene ring substituents is 1. The molecule has 0 fully saturated rings. The highest BCUT2D eigenvalue weighted by Gasteiger charge is 2.39. The largest absolute Gasteiger partial charge is 0.306 e. The Balaban J connectivity index is 2.00. The molecule has 0 aliphatic carbocycles. The monoisotopic (exact) mass is 296 g/mol. The highest BCUT2D eigenvalue weighted by molar-refractivity contribution is 6.57. The van der Waals surface area contributed by atoms with E-state index in [4.69, 9.17) is 0 Å². The summed E-state index contributed by atoms with van der Waals surface area (Å²) in [7, 11) is 0. The van der Waals surface area contributed by atoms with Crippen LogP contribution in [0.15, 0.2) is 48.5 Å². The lowest BCUT2D eigenvalue weighted by Crippen LogP contribution is -2.35. The molecule has 0 unspecified atom stereocenters. The highest BCUT2D eigenvalue weighted by atomic mass is 16.6. The molecule has 0 atom stereocenters. The molecule has 1 aliphatic rings. The van der Waals surface area contributed by atoms with E-state index in [0.29, 0.717) is 0 Å². The Morgan fingerprint density at radius 3 is 2.27 bits per heavy atom. The van der Waals surface area contributed by atoms with Crippen LogP contribution in [0, 0.1) is 10.1 Å². The Hall–Kier alpha value is -3.35. The number of hydrogen-bond donors (Lipinski definition) is 0. The summed E-state index contributed by atoms with van der Waals surface area (Å²) in [5.41, 5.74) is 0.313. The third-order valence-electron chi connectivity index (χ3n) is 3.32. The first kappa shape index (κ1) is 13.6. The molecule has 0 bridgehead atoms. The summed E-state index contributed by atoms with van der Waals surface area (Å²) in [5, 5.41) is 10.6. The highest BCUT2D eigenvalue weighted by Crippen LogP contribution is 2.30. The molecule has 1 aliphatic heterocycles. The van der Waals surface area contributed by atoms with E-state index >= 15 is 0 Å². The van der Waals surface area contributed by atoms with Gasteiger partial charge in [0.25, 0.3) is 17.4 Å². The first-order valence-electron chi connectivity index (χ1n) is 6.27. The number of nitrogens with zero attached hydrogens (tertiary/aromatic N) is 2. The number of fused-ring (bicyclic) bond motifs is 1. The Morgan fingerprint density at radius 2 is 1.64 bits per heavy atom. The molecule has 0 saturated carbocycles. The van der Waals surface area contributed by atoms with E-state index in [9.17, 15) is 24.5 Å². The van der Waals surface area contributed by atoms with Gasteiger partial charge in [0.1, 0.15) is 0 Å². The minimum absolute atomic E-state index is 0.0865. The zero-order valence-corrected chi connectivity index (χ0v) is 11.1. The van der Waals surface area contributed by atoms with Gasteiger partial charge in [-0.05, 0) is 24.3 Å². The molecular formula is C15H8N2O5. The van der Waals surface area contributed by atoms with Crippen LogP contribution in [0.25, 0.3) is 0 Å². The summed E-state index contributed by atoms with van der Waals surface area (Å²) in [6, 6.07) is 11.0. The number of hydrogen-bond acceptors (Lipinski definition) is 5. The summed E-state index contributed by atoms with van der Waals surface area (Å²) >= 11 is 0. The van der Waals surface area contributed by atoms with Crippen molar-refractivity contribution in [3.63, 3.8) is 0 Å². The van der Waals surface area contributed by atoms with Crippen molar-refractivity contribution in [2.75, 3.05) is 4.90 Å². The average Bonchev–Trinajstić information content (AvgIpc) is 2.79. The smallest absolute Gasteiger partial charge is 0.283 e. The first-order valence-corrected chi connectivity index (χ1v) is 6.27. The number of para-hydroxylation sites is 1. The predicted octanol–water partition coefficient (Wildman–Crippen LogP) is 1.96. The summed E-state index contributed by atoms with van der Waals surface area (Å²) in [6.45, 7) is 0. The molecule has 2 amide bonds. The summed E-state index contributed by atoms with van der Waals surface area (Å²) in [5.74, 6) is -2.37. The minimum Gasteiger partial charge on any atom is -0.283 e. The van der Waals surface area contributed by atoms with Gasteiger partial charge in [0, 0.05) is 17.7 Å². The molecule has 0 aromatic heterocycles. The second-order valence-corrected chi connectivity index (χ2v) is 4.60. The van der Waals surface area contributed by atoms with Gasteiger partial charge >= 0.3 is 5.91 Å². The van der Waals surface area contributed by atoms with Gasteiger partial charge in [-0.15, -0.1) is 0 Å². The van der Waals surface area contributed by atoms with Crippen molar-refractivity contribution in [1.29, 1.82) is 0 Å². The van der Waals surface area contributed by atoms with E-state index in [2.05, 4.69) is 0 Å². The molecule has 108 valence electrons. The lowest BCUT2D eigenvalue weighted by atomic mass is 10.1. The lowest BCUT2D eigenvalue weighted by molar-refractivity contribution is -0.384. The van der Waals surface area contributed by atoms with Crippen LogP contribution in [-0.4, -0.2) is 22.5 Å². The second-order valence-electron chi connectivity index (χ2n) is 4.60. The Kier molecular flexibility index (Phi) is 3.03. The maximum Gasteiger partial charge on any atom is 0.306 e. The van der Waals surface area contributed by atoms with Crippen molar-refractivity contribution in [3.05, 3.63) is 69.8 Å². The fourth-order valence-corrected chi connectivity index (χ4v) is 2.24. The molecule has 0 radical (unpaired) electrons. The number of carbonyl (C=O) groups excluding carboxylic acids is 3. The van der Waals surface area contributed by atoms with Crippen molar-refractivity contribution in [1.82, 2.24) is 0 Å². The van der Waals surface area contributed by atoms with Crippen LogP contribution in [0.2, 0.25) is 0 Å². The Bertz CT molecular complexity index is 826. The topological polar surface area (TPSA) is 97.6 Å². The third-order valence-corrected chi connectivity index (χ3v) is 3.32. The normalized spacial score (nSPS) is 13.2. The molecule has 3 rings (SSSR count). The van der Waals surface area contributed by atoms with E-state index in [1.54, 1.807) is 12.1 Å². The summed E-state index contributed by atoms with van der Waals surface area (Å²) in [4.78, 5) is 47.1. The lowest BCUT2D eigenvalue weighted by Gasteiger charge is -2.14. The molecule has 2 aromatic rings. The molecule has 2 aromatic carbocycles. The number of nitro groups is 1. The average molecular weight is 296 g/mol. The van der Waals surface area contributed by atoms with Gasteiger partial charge in [0.05, 0.1) is 16.2 Å². The molecule has 7 nitrogen and oxygen atoms in total. The molecule has 0 spiro atoms. The number of nitro benzene ring substituents is 1. The van der Waals surface area contributed by atoms with Crippen LogP contribution < -0.4 is 4.90 Å². The number of rotatable bonds is 2. The van der Waals surface area contributed by atoms with Crippen molar-refractivity contribution >= 4 is 29.0 Å².